The normalized spacial score (nSPS) is 37.8. The highest BCUT2D eigenvalue weighted by Crippen LogP contribution is 2.59. The van der Waals surface area contributed by atoms with Gasteiger partial charge in [0.1, 0.15) is 17.1 Å². The van der Waals surface area contributed by atoms with Crippen LogP contribution >= 0.6 is 0 Å². The summed E-state index contributed by atoms with van der Waals surface area (Å²) in [5.74, 6) is -1.44. The van der Waals surface area contributed by atoms with Crippen LogP contribution in [0.5, 0.6) is 0 Å². The van der Waals surface area contributed by atoms with Crippen LogP contribution in [0.4, 0.5) is 5.69 Å². The molecule has 3 saturated heterocycles. The summed E-state index contributed by atoms with van der Waals surface area (Å²) < 4.78 is 11.9. The van der Waals surface area contributed by atoms with Crippen molar-refractivity contribution in [3.63, 3.8) is 0 Å². The van der Waals surface area contributed by atoms with Crippen molar-refractivity contribution in [2.24, 2.45) is 17.8 Å². The molecule has 4 aliphatic heterocycles. The van der Waals surface area contributed by atoms with E-state index in [1.165, 1.54) is 0 Å². The fourth-order valence-corrected chi connectivity index (χ4v) is 6.01. The van der Waals surface area contributed by atoms with E-state index in [1.54, 1.807) is 23.3 Å². The number of piperidine rings is 1. The highest BCUT2D eigenvalue weighted by atomic mass is 16.5. The van der Waals surface area contributed by atoms with Gasteiger partial charge in [0, 0.05) is 18.0 Å². The lowest BCUT2D eigenvalue weighted by molar-refractivity contribution is -0.147. The Morgan fingerprint density at radius 2 is 1.97 bits per heavy atom. The van der Waals surface area contributed by atoms with Gasteiger partial charge in [-0.2, -0.15) is 0 Å². The van der Waals surface area contributed by atoms with Gasteiger partial charge >= 0.3 is 0 Å². The van der Waals surface area contributed by atoms with Gasteiger partial charge in [0.15, 0.2) is 0 Å². The first kappa shape index (κ1) is 18.6. The fraction of sp³-hybridized carbons (Fsp3) is 0.375. The smallest absolute Gasteiger partial charge is 0.231 e. The molecule has 158 valence electrons. The van der Waals surface area contributed by atoms with Gasteiger partial charge in [0.05, 0.1) is 36.3 Å². The van der Waals surface area contributed by atoms with Crippen molar-refractivity contribution < 1.29 is 23.5 Å². The Morgan fingerprint density at radius 3 is 2.71 bits per heavy atom. The number of nitrogens with zero attached hydrogens (tertiary/aromatic N) is 1. The highest BCUT2D eigenvalue weighted by Gasteiger charge is 2.74. The van der Waals surface area contributed by atoms with Crippen molar-refractivity contribution in [1.29, 1.82) is 0 Å². The van der Waals surface area contributed by atoms with E-state index in [0.717, 1.165) is 0 Å². The van der Waals surface area contributed by atoms with Gasteiger partial charge < -0.3 is 19.4 Å². The summed E-state index contributed by atoms with van der Waals surface area (Å²) in [4.78, 5) is 41.8. The van der Waals surface area contributed by atoms with E-state index < -0.39 is 35.6 Å². The summed E-state index contributed by atoms with van der Waals surface area (Å²) in [6.45, 7) is 1.85. The number of anilines is 1. The van der Waals surface area contributed by atoms with E-state index in [-0.39, 0.29) is 29.9 Å². The Hall–Kier alpha value is -3.19. The zero-order valence-corrected chi connectivity index (χ0v) is 16.9. The summed E-state index contributed by atoms with van der Waals surface area (Å²) in [6.07, 6.45) is 5.05. The Balaban J connectivity index is 1.40. The lowest BCUT2D eigenvalue weighted by atomic mass is 9.70. The second-order valence-electron chi connectivity index (χ2n) is 8.83. The van der Waals surface area contributed by atoms with Crippen LogP contribution in [-0.2, 0) is 19.1 Å². The number of hydrogen-bond acceptors (Lipinski definition) is 5. The van der Waals surface area contributed by atoms with Crippen molar-refractivity contribution in [2.45, 2.75) is 37.1 Å². The molecule has 4 aliphatic rings. The van der Waals surface area contributed by atoms with Crippen LogP contribution in [0.2, 0.25) is 0 Å². The zero-order valence-electron chi connectivity index (χ0n) is 16.9. The predicted molar refractivity (Wildman–Crippen MR) is 110 cm³/mol. The second-order valence-corrected chi connectivity index (χ2v) is 8.83. The van der Waals surface area contributed by atoms with Gasteiger partial charge in [0.2, 0.25) is 11.8 Å². The molecule has 0 radical (unpaired) electrons. The highest BCUT2D eigenvalue weighted by molar-refractivity contribution is 6.00. The predicted octanol–water partition coefficient (Wildman–Crippen LogP) is 2.72. The number of para-hydroxylation sites is 1. The van der Waals surface area contributed by atoms with Crippen LogP contribution in [0, 0.1) is 17.8 Å². The minimum Gasteiger partial charge on any atom is -0.467 e. The topological polar surface area (TPSA) is 88.9 Å². The third-order valence-corrected chi connectivity index (χ3v) is 7.30. The Morgan fingerprint density at radius 1 is 1.16 bits per heavy atom. The van der Waals surface area contributed by atoms with Gasteiger partial charge in [-0.3, -0.25) is 14.4 Å². The van der Waals surface area contributed by atoms with Crippen LogP contribution in [0.3, 0.4) is 0 Å². The molecule has 1 aromatic heterocycles. The molecular weight excluding hydrogens is 396 g/mol. The molecule has 0 saturated carbocycles. The van der Waals surface area contributed by atoms with E-state index in [0.29, 0.717) is 11.4 Å². The molecule has 31 heavy (non-hydrogen) atoms. The number of furan rings is 1. The number of carbonyl (C=O) groups is 3. The summed E-state index contributed by atoms with van der Waals surface area (Å²) in [7, 11) is 0. The summed E-state index contributed by atoms with van der Waals surface area (Å²) >= 11 is 0. The first-order valence-corrected chi connectivity index (χ1v) is 10.6. The van der Waals surface area contributed by atoms with Crippen molar-refractivity contribution >= 4 is 23.3 Å². The van der Waals surface area contributed by atoms with E-state index in [4.69, 9.17) is 9.15 Å². The standard InChI is InChI=1S/C24H22N2O5/c1-13-16(27)12-15(17-8-5-11-30-17)26-21(13)24-10-9-18(31-24)19(20(24)23(26)29)22(28)25-14-6-3-2-4-7-14/h2-11,13,15,18-21H,12H2,1H3,(H,25,28)/t13?,15?,18-,19?,20?,21?,24+/m1/s1. The molecule has 7 heteroatoms. The van der Waals surface area contributed by atoms with E-state index in [1.807, 2.05) is 49.4 Å². The SMILES string of the molecule is CC1C(=O)CC(c2ccco2)N2C(=O)C3C(C(=O)Nc4ccccc4)[C@H]4C=C[C@@]3(O4)C12. The summed E-state index contributed by atoms with van der Waals surface area (Å²) in [6, 6.07) is 11.8. The Bertz CT molecular complexity index is 1090. The van der Waals surface area contributed by atoms with Crippen molar-refractivity contribution in [1.82, 2.24) is 4.90 Å². The number of fused-ring (bicyclic) bond motifs is 2. The van der Waals surface area contributed by atoms with Crippen molar-refractivity contribution in [3.8, 4) is 0 Å². The first-order chi connectivity index (χ1) is 15.0. The lowest BCUT2D eigenvalue weighted by Crippen LogP contribution is -2.55. The van der Waals surface area contributed by atoms with Gasteiger partial charge in [-0.1, -0.05) is 37.3 Å². The van der Waals surface area contributed by atoms with Crippen molar-refractivity contribution in [3.05, 3.63) is 66.6 Å². The van der Waals surface area contributed by atoms with E-state index in [2.05, 4.69) is 5.32 Å². The van der Waals surface area contributed by atoms with E-state index >= 15 is 0 Å². The minimum absolute atomic E-state index is 0.0723. The second kappa shape index (κ2) is 6.40. The third-order valence-electron chi connectivity index (χ3n) is 7.30. The molecule has 1 aromatic carbocycles. The molecule has 0 aliphatic carbocycles. The molecule has 7 nitrogen and oxygen atoms in total. The van der Waals surface area contributed by atoms with Gasteiger partial charge in [0.25, 0.3) is 0 Å². The number of ketones is 1. The van der Waals surface area contributed by atoms with Gasteiger partial charge in [-0.25, -0.2) is 0 Å². The number of amides is 2. The molecule has 1 spiro atoms. The number of rotatable bonds is 3. The van der Waals surface area contributed by atoms with Crippen LogP contribution < -0.4 is 5.32 Å². The maximum Gasteiger partial charge on any atom is 0.231 e. The molecule has 1 N–H and O–H groups in total. The molecular formula is C24H22N2O5. The molecule has 5 unspecified atom stereocenters. The van der Waals surface area contributed by atoms with Crippen LogP contribution in [0.15, 0.2) is 65.3 Å². The average Bonchev–Trinajstić information content (AvgIpc) is 3.54. The van der Waals surface area contributed by atoms with E-state index in [9.17, 15) is 14.4 Å². The summed E-state index contributed by atoms with van der Waals surface area (Å²) in [5, 5.41) is 2.93. The molecule has 2 aromatic rings. The Labute approximate surface area is 179 Å². The molecule has 2 bridgehead atoms. The quantitative estimate of drug-likeness (QED) is 0.775. The number of Topliss-reactive ketones (excluding diaryl/α,β-unsaturated/α-hetero) is 1. The largest absolute Gasteiger partial charge is 0.467 e. The Kier molecular flexibility index (Phi) is 3.84. The molecule has 6 rings (SSSR count). The minimum atomic E-state index is -0.971. The van der Waals surface area contributed by atoms with Crippen molar-refractivity contribution in [2.75, 3.05) is 5.32 Å². The zero-order chi connectivity index (χ0) is 21.3. The molecule has 2 amide bonds. The monoisotopic (exact) mass is 418 g/mol. The first-order valence-electron chi connectivity index (χ1n) is 10.6. The average molecular weight is 418 g/mol. The van der Waals surface area contributed by atoms with Crippen LogP contribution in [-0.4, -0.2) is 40.2 Å². The number of hydrogen-bond donors (Lipinski definition) is 1. The van der Waals surface area contributed by atoms with Gasteiger partial charge in [-0.15, -0.1) is 0 Å². The molecule has 7 atom stereocenters. The van der Waals surface area contributed by atoms with Gasteiger partial charge in [-0.05, 0) is 24.3 Å². The summed E-state index contributed by atoms with van der Waals surface area (Å²) in [5.41, 5.74) is -0.297. The fourth-order valence-electron chi connectivity index (χ4n) is 6.01. The number of carbonyl (C=O) groups excluding carboxylic acids is 3. The van der Waals surface area contributed by atoms with Crippen LogP contribution in [0.25, 0.3) is 0 Å². The maximum absolute atomic E-state index is 13.8. The molecule has 5 heterocycles. The number of nitrogens with one attached hydrogen (secondary N) is 1. The maximum atomic E-state index is 13.8. The van der Waals surface area contributed by atoms with Crippen LogP contribution in [0.1, 0.15) is 25.1 Å². The number of benzene rings is 1. The number of ether oxygens (including phenoxy) is 1. The molecule has 3 fully saturated rings. The third kappa shape index (κ3) is 2.41. The lowest BCUT2D eigenvalue weighted by Gasteiger charge is -2.43.